The molecule has 9 nitrogen and oxygen atoms in total. The molecule has 0 radical (unpaired) electrons. The van der Waals surface area contributed by atoms with E-state index in [1.807, 2.05) is 25.9 Å². The van der Waals surface area contributed by atoms with Gasteiger partial charge >= 0.3 is 0 Å². The highest BCUT2D eigenvalue weighted by Gasteiger charge is 2.64. The number of phenolic OH excluding ortho intramolecular Hbond substituents is 1. The second kappa shape index (κ2) is 9.20. The molecule has 9 heteroatoms. The van der Waals surface area contributed by atoms with Crippen molar-refractivity contribution in [2.75, 3.05) is 33.1 Å². The molecule has 4 atom stereocenters. The molecular formula is C30H38N2O7. The minimum atomic E-state index is -2.56. The Labute approximate surface area is 228 Å². The van der Waals surface area contributed by atoms with Gasteiger partial charge < -0.3 is 25.3 Å². The van der Waals surface area contributed by atoms with Gasteiger partial charge in [-0.25, -0.2) is 0 Å². The van der Waals surface area contributed by atoms with Crippen molar-refractivity contribution in [3.63, 3.8) is 0 Å². The molecule has 0 unspecified atom stereocenters. The highest BCUT2D eigenvalue weighted by atomic mass is 16.3. The van der Waals surface area contributed by atoms with Gasteiger partial charge in [0, 0.05) is 37.7 Å². The van der Waals surface area contributed by atoms with E-state index in [0.29, 0.717) is 5.56 Å². The second-order valence-electron chi connectivity index (χ2n) is 12.6. The Bertz CT molecular complexity index is 1330. The lowest BCUT2D eigenvalue weighted by atomic mass is 9.57. The number of rotatable bonds is 5. The quantitative estimate of drug-likeness (QED) is 0.417. The van der Waals surface area contributed by atoms with E-state index in [0.717, 1.165) is 31.4 Å². The van der Waals surface area contributed by atoms with Gasteiger partial charge in [0.1, 0.15) is 22.8 Å². The molecule has 0 bridgehead atoms. The summed E-state index contributed by atoms with van der Waals surface area (Å²) in [5.74, 6) is -5.26. The van der Waals surface area contributed by atoms with Crippen LogP contribution >= 0.6 is 0 Å². The maximum absolute atomic E-state index is 14.1. The minimum absolute atomic E-state index is 0.0400. The number of hydrogen-bond acceptors (Lipinski definition) is 9. The lowest BCUT2D eigenvalue weighted by molar-refractivity contribution is -0.153. The third kappa shape index (κ3) is 3.92. The number of fused-ring (bicyclic) bond motifs is 3. The Morgan fingerprint density at radius 2 is 1.69 bits per heavy atom. The molecule has 2 fully saturated rings. The fourth-order valence-corrected chi connectivity index (χ4v) is 7.56. The number of aliphatic hydroxyl groups is 3. The summed E-state index contributed by atoms with van der Waals surface area (Å²) in [6.45, 7) is 1.98. The van der Waals surface area contributed by atoms with Gasteiger partial charge in [0.05, 0.1) is 11.6 Å². The Kier molecular flexibility index (Phi) is 6.46. The number of anilines is 1. The SMILES string of the molecule is CN(C)c1ccc(O)c2c1C[C@H]1C[C@H]3[C@H](N(C)C)C(=O)C(C(=O)CC4(C)CCCC4)=C(O)[C@@]3(O)C(=O)C1=C2O. The van der Waals surface area contributed by atoms with Crippen molar-refractivity contribution in [2.45, 2.75) is 63.5 Å². The molecule has 0 aliphatic heterocycles. The number of benzene rings is 1. The van der Waals surface area contributed by atoms with Crippen molar-refractivity contribution in [2.24, 2.45) is 17.3 Å². The van der Waals surface area contributed by atoms with Gasteiger partial charge in [-0.3, -0.25) is 19.3 Å². The molecule has 4 N–H and O–H groups in total. The number of ketones is 3. The largest absolute Gasteiger partial charge is 0.508 e. The van der Waals surface area contributed by atoms with E-state index in [2.05, 4.69) is 0 Å². The Hall–Kier alpha value is -3.17. The zero-order valence-corrected chi connectivity index (χ0v) is 23.2. The van der Waals surface area contributed by atoms with E-state index in [9.17, 15) is 34.8 Å². The average Bonchev–Trinajstić information content (AvgIpc) is 3.26. The van der Waals surface area contributed by atoms with E-state index < -0.39 is 57.9 Å². The number of Topliss-reactive ketones (excluding diaryl/α,β-unsaturated/α-hetero) is 3. The summed E-state index contributed by atoms with van der Waals surface area (Å²) in [5, 5.41) is 45.4. The van der Waals surface area contributed by atoms with Crippen molar-refractivity contribution in [1.29, 1.82) is 0 Å². The Morgan fingerprint density at radius 3 is 2.28 bits per heavy atom. The molecule has 0 amide bonds. The molecule has 4 aliphatic carbocycles. The van der Waals surface area contributed by atoms with Crippen LogP contribution in [0.2, 0.25) is 0 Å². The summed E-state index contributed by atoms with van der Waals surface area (Å²) >= 11 is 0. The first-order valence-electron chi connectivity index (χ1n) is 13.6. The van der Waals surface area contributed by atoms with Crippen LogP contribution in [0.1, 0.15) is 56.6 Å². The highest BCUT2D eigenvalue weighted by Crippen LogP contribution is 2.54. The van der Waals surface area contributed by atoms with Crippen LogP contribution in [-0.2, 0) is 20.8 Å². The van der Waals surface area contributed by atoms with E-state index in [1.54, 1.807) is 25.1 Å². The van der Waals surface area contributed by atoms with Gasteiger partial charge in [0.15, 0.2) is 17.2 Å². The predicted molar refractivity (Wildman–Crippen MR) is 146 cm³/mol. The van der Waals surface area contributed by atoms with Crippen LogP contribution in [0.5, 0.6) is 5.75 Å². The fraction of sp³-hybridized carbons (Fsp3) is 0.567. The molecule has 0 spiro atoms. The van der Waals surface area contributed by atoms with E-state index in [4.69, 9.17) is 0 Å². The molecule has 0 heterocycles. The van der Waals surface area contributed by atoms with Gasteiger partial charge in [-0.05, 0) is 68.8 Å². The third-order valence-electron chi connectivity index (χ3n) is 9.49. The first-order chi connectivity index (χ1) is 18.2. The van der Waals surface area contributed by atoms with Crippen molar-refractivity contribution in [3.8, 4) is 5.75 Å². The number of aromatic hydroxyl groups is 1. The zero-order valence-electron chi connectivity index (χ0n) is 23.2. The predicted octanol–water partition coefficient (Wildman–Crippen LogP) is 3.08. The van der Waals surface area contributed by atoms with Gasteiger partial charge in [0.2, 0.25) is 5.78 Å². The van der Waals surface area contributed by atoms with Crippen LogP contribution in [0, 0.1) is 17.3 Å². The van der Waals surface area contributed by atoms with Crippen molar-refractivity contribution in [3.05, 3.63) is 40.2 Å². The first kappa shape index (κ1) is 27.4. The van der Waals surface area contributed by atoms with Gasteiger partial charge in [-0.2, -0.15) is 0 Å². The first-order valence-corrected chi connectivity index (χ1v) is 13.6. The van der Waals surface area contributed by atoms with Gasteiger partial charge in [-0.1, -0.05) is 19.8 Å². The number of nitrogens with zero attached hydrogens (tertiary/aromatic N) is 2. The summed E-state index contributed by atoms with van der Waals surface area (Å²) in [6, 6.07) is 2.15. The topological polar surface area (TPSA) is 139 Å². The van der Waals surface area contributed by atoms with Crippen molar-refractivity contribution < 1.29 is 34.8 Å². The van der Waals surface area contributed by atoms with Crippen LogP contribution in [0.3, 0.4) is 0 Å². The van der Waals surface area contributed by atoms with E-state index >= 15 is 0 Å². The van der Waals surface area contributed by atoms with Crippen LogP contribution in [0.4, 0.5) is 5.69 Å². The zero-order chi connectivity index (χ0) is 28.6. The lowest BCUT2D eigenvalue weighted by Crippen LogP contribution is -2.65. The fourth-order valence-electron chi connectivity index (χ4n) is 7.56. The molecule has 5 rings (SSSR count). The highest BCUT2D eigenvalue weighted by molar-refractivity contribution is 6.25. The van der Waals surface area contributed by atoms with Crippen LogP contribution in [-0.4, -0.2) is 82.5 Å². The number of likely N-dealkylation sites (N-methyl/N-ethyl adjacent to an activating group) is 1. The van der Waals surface area contributed by atoms with E-state index in [1.165, 1.54) is 6.07 Å². The number of carbonyl (C=O) groups excluding carboxylic acids is 3. The van der Waals surface area contributed by atoms with Crippen LogP contribution in [0.15, 0.2) is 29.0 Å². The summed E-state index contributed by atoms with van der Waals surface area (Å²) in [5.41, 5.74) is -1.93. The summed E-state index contributed by atoms with van der Waals surface area (Å²) in [6.07, 6.45) is 4.05. The number of carbonyl (C=O) groups is 3. The van der Waals surface area contributed by atoms with Gasteiger partial charge in [0.25, 0.3) is 0 Å². The third-order valence-corrected chi connectivity index (χ3v) is 9.49. The van der Waals surface area contributed by atoms with Gasteiger partial charge in [-0.15, -0.1) is 0 Å². The number of phenols is 1. The molecule has 0 saturated heterocycles. The summed E-state index contributed by atoms with van der Waals surface area (Å²) < 4.78 is 0. The van der Waals surface area contributed by atoms with Crippen molar-refractivity contribution in [1.82, 2.24) is 4.90 Å². The Morgan fingerprint density at radius 1 is 1.05 bits per heavy atom. The van der Waals surface area contributed by atoms with Crippen LogP contribution < -0.4 is 4.90 Å². The summed E-state index contributed by atoms with van der Waals surface area (Å²) in [4.78, 5) is 44.9. The second-order valence-corrected chi connectivity index (χ2v) is 12.6. The monoisotopic (exact) mass is 538 g/mol. The molecule has 1 aromatic carbocycles. The molecule has 39 heavy (non-hydrogen) atoms. The molecule has 2 saturated carbocycles. The average molecular weight is 539 g/mol. The smallest absolute Gasteiger partial charge is 0.202 e. The maximum Gasteiger partial charge on any atom is 0.202 e. The molecule has 210 valence electrons. The van der Waals surface area contributed by atoms with Crippen molar-refractivity contribution >= 4 is 28.8 Å². The number of hydrogen-bond donors (Lipinski definition) is 4. The molecule has 1 aromatic rings. The molecule has 4 aliphatic rings. The molecular weight excluding hydrogens is 500 g/mol. The molecule has 0 aromatic heterocycles. The standard InChI is InChI=1S/C30H38N2O7/c1-29(10-6-7-11-29)14-20(34)23-26(36)24(32(4)5)17-13-15-12-16-18(31(2)3)8-9-19(33)22(16)25(35)21(15)27(37)30(17,39)28(23)38/h8-9,15,17,24,33,35,38-39H,6-7,10-14H2,1-5H3/t15-,17-,24-,30-/m0/s1. The lowest BCUT2D eigenvalue weighted by Gasteiger charge is -2.50. The maximum atomic E-state index is 14.1. The van der Waals surface area contributed by atoms with Crippen LogP contribution in [0.25, 0.3) is 5.76 Å². The minimum Gasteiger partial charge on any atom is -0.508 e. The normalized spacial score (nSPS) is 29.9. The number of aliphatic hydroxyl groups excluding tert-OH is 2. The Balaban J connectivity index is 1.67. The summed E-state index contributed by atoms with van der Waals surface area (Å²) in [7, 11) is 6.97. The van der Waals surface area contributed by atoms with E-state index in [-0.39, 0.29) is 41.6 Å².